The molecule has 1 fully saturated rings. The van der Waals surface area contributed by atoms with Crippen molar-refractivity contribution in [2.45, 2.75) is 19.0 Å². The summed E-state index contributed by atoms with van der Waals surface area (Å²) in [5, 5.41) is 13.1. The van der Waals surface area contributed by atoms with Crippen molar-refractivity contribution in [1.29, 1.82) is 0 Å². The predicted octanol–water partition coefficient (Wildman–Crippen LogP) is 4.23. The van der Waals surface area contributed by atoms with Gasteiger partial charge in [-0.05, 0) is 43.2 Å². The maximum absolute atomic E-state index is 13.1. The summed E-state index contributed by atoms with van der Waals surface area (Å²) in [5.74, 6) is -0.405. The number of hydrogen-bond acceptors (Lipinski definition) is 5. The van der Waals surface area contributed by atoms with Crippen molar-refractivity contribution >= 4 is 23.0 Å². The number of nitrogens with zero attached hydrogens (tertiary/aromatic N) is 2. The summed E-state index contributed by atoms with van der Waals surface area (Å²) in [5.41, 5.74) is -0.383. The Balaban J connectivity index is 1.71. The van der Waals surface area contributed by atoms with Gasteiger partial charge < -0.3 is 15.0 Å². The molecule has 1 aliphatic heterocycles. The first kappa shape index (κ1) is 20.4. The van der Waals surface area contributed by atoms with E-state index in [0.717, 1.165) is 25.0 Å². The lowest BCUT2D eigenvalue weighted by Gasteiger charge is -2.23. The molecule has 1 amide bonds. The van der Waals surface area contributed by atoms with E-state index in [1.807, 2.05) is 4.90 Å². The molecule has 2 aromatic rings. The molecule has 154 valence electrons. The minimum Gasteiger partial charge on any atom is -0.484 e. The summed E-state index contributed by atoms with van der Waals surface area (Å²) in [4.78, 5) is 24.2. The van der Waals surface area contributed by atoms with Gasteiger partial charge in [0.2, 0.25) is 0 Å². The number of nitro benzene ring substituents is 1. The summed E-state index contributed by atoms with van der Waals surface area (Å²) >= 11 is 0. The SMILES string of the molecule is O=C(COc1ccc([N+](=O)[O-])cc1)Nc1cc(C(F)(F)F)ccc1N1CCCC1. The summed E-state index contributed by atoms with van der Waals surface area (Å²) in [7, 11) is 0. The number of hydrogen-bond donors (Lipinski definition) is 1. The Labute approximate surface area is 164 Å². The number of anilines is 2. The number of nitro groups is 1. The molecule has 0 saturated carbocycles. The van der Waals surface area contributed by atoms with E-state index in [4.69, 9.17) is 4.74 Å². The maximum atomic E-state index is 13.1. The van der Waals surface area contributed by atoms with Crippen LogP contribution in [0, 0.1) is 10.1 Å². The number of nitrogens with one attached hydrogen (secondary N) is 1. The third kappa shape index (κ3) is 5.15. The topological polar surface area (TPSA) is 84.7 Å². The van der Waals surface area contributed by atoms with E-state index in [9.17, 15) is 28.1 Å². The number of benzene rings is 2. The molecule has 29 heavy (non-hydrogen) atoms. The first-order chi connectivity index (χ1) is 13.7. The lowest BCUT2D eigenvalue weighted by Crippen LogP contribution is -2.24. The van der Waals surface area contributed by atoms with Gasteiger partial charge >= 0.3 is 6.18 Å². The van der Waals surface area contributed by atoms with Crippen molar-refractivity contribution in [3.05, 3.63) is 58.1 Å². The van der Waals surface area contributed by atoms with Crippen LogP contribution in [0.4, 0.5) is 30.2 Å². The van der Waals surface area contributed by atoms with Crippen molar-refractivity contribution in [3.63, 3.8) is 0 Å². The third-order valence-corrected chi connectivity index (χ3v) is 4.46. The molecule has 0 unspecified atom stereocenters. The number of halogens is 3. The summed E-state index contributed by atoms with van der Waals surface area (Å²) < 4.78 is 44.5. The highest BCUT2D eigenvalue weighted by Crippen LogP contribution is 2.36. The van der Waals surface area contributed by atoms with E-state index >= 15 is 0 Å². The van der Waals surface area contributed by atoms with Gasteiger partial charge in [-0.2, -0.15) is 13.2 Å². The zero-order chi connectivity index (χ0) is 21.0. The van der Waals surface area contributed by atoms with Gasteiger partial charge in [0, 0.05) is 25.2 Å². The number of non-ortho nitro benzene ring substituents is 1. The molecule has 1 saturated heterocycles. The van der Waals surface area contributed by atoms with Crippen molar-refractivity contribution < 1.29 is 27.6 Å². The Bertz CT molecular complexity index is 895. The van der Waals surface area contributed by atoms with E-state index in [-0.39, 0.29) is 17.1 Å². The van der Waals surface area contributed by atoms with Gasteiger partial charge in [-0.3, -0.25) is 14.9 Å². The van der Waals surface area contributed by atoms with Crippen LogP contribution in [-0.4, -0.2) is 30.5 Å². The largest absolute Gasteiger partial charge is 0.484 e. The predicted molar refractivity (Wildman–Crippen MR) is 100 cm³/mol. The highest BCUT2D eigenvalue weighted by atomic mass is 19.4. The van der Waals surface area contributed by atoms with E-state index < -0.39 is 29.2 Å². The molecule has 0 spiro atoms. The molecule has 2 aromatic carbocycles. The van der Waals surface area contributed by atoms with E-state index in [0.29, 0.717) is 18.8 Å². The van der Waals surface area contributed by atoms with Gasteiger partial charge in [0.05, 0.1) is 21.9 Å². The molecule has 0 aliphatic carbocycles. The fourth-order valence-corrected chi connectivity index (χ4v) is 3.05. The summed E-state index contributed by atoms with van der Waals surface area (Å²) in [6, 6.07) is 8.41. The minimum atomic E-state index is -4.53. The van der Waals surface area contributed by atoms with Gasteiger partial charge in [-0.25, -0.2) is 0 Å². The number of carbonyl (C=O) groups is 1. The molecule has 0 atom stereocenters. The van der Waals surface area contributed by atoms with Crippen molar-refractivity contribution in [1.82, 2.24) is 0 Å². The molecule has 1 heterocycles. The maximum Gasteiger partial charge on any atom is 0.416 e. The fourth-order valence-electron chi connectivity index (χ4n) is 3.05. The molecule has 0 aromatic heterocycles. The van der Waals surface area contributed by atoms with E-state index in [1.165, 1.54) is 30.3 Å². The van der Waals surface area contributed by atoms with Crippen LogP contribution in [0.15, 0.2) is 42.5 Å². The molecule has 10 heteroatoms. The molecule has 0 bridgehead atoms. The average Bonchev–Trinajstić information content (AvgIpc) is 3.20. The highest BCUT2D eigenvalue weighted by molar-refractivity contribution is 5.95. The average molecular weight is 409 g/mol. The smallest absolute Gasteiger partial charge is 0.416 e. The molecule has 1 aliphatic rings. The van der Waals surface area contributed by atoms with E-state index in [1.54, 1.807) is 0 Å². The highest BCUT2D eigenvalue weighted by Gasteiger charge is 2.32. The Morgan fingerprint density at radius 3 is 2.38 bits per heavy atom. The first-order valence-corrected chi connectivity index (χ1v) is 8.87. The number of rotatable bonds is 6. The Morgan fingerprint density at radius 1 is 1.14 bits per heavy atom. The number of amides is 1. The zero-order valence-electron chi connectivity index (χ0n) is 15.2. The van der Waals surface area contributed by atoms with Gasteiger partial charge in [-0.15, -0.1) is 0 Å². The van der Waals surface area contributed by atoms with Gasteiger partial charge in [0.1, 0.15) is 5.75 Å². The molecule has 1 N–H and O–H groups in total. The van der Waals surface area contributed by atoms with Crippen LogP contribution in [0.5, 0.6) is 5.75 Å². The first-order valence-electron chi connectivity index (χ1n) is 8.87. The van der Waals surface area contributed by atoms with Crippen LogP contribution in [0.25, 0.3) is 0 Å². The van der Waals surface area contributed by atoms with Crippen LogP contribution in [0.2, 0.25) is 0 Å². The molecule has 0 radical (unpaired) electrons. The third-order valence-electron chi connectivity index (χ3n) is 4.46. The van der Waals surface area contributed by atoms with Crippen LogP contribution in [0.3, 0.4) is 0 Å². The van der Waals surface area contributed by atoms with Crippen molar-refractivity contribution in [2.24, 2.45) is 0 Å². The normalized spacial score (nSPS) is 14.0. The van der Waals surface area contributed by atoms with Crippen LogP contribution in [-0.2, 0) is 11.0 Å². The Kier molecular flexibility index (Phi) is 5.90. The Hall–Kier alpha value is -3.30. The van der Waals surface area contributed by atoms with Crippen molar-refractivity contribution in [2.75, 3.05) is 29.9 Å². The Morgan fingerprint density at radius 2 is 1.79 bits per heavy atom. The van der Waals surface area contributed by atoms with Gasteiger partial charge in [0.25, 0.3) is 11.6 Å². The van der Waals surface area contributed by atoms with E-state index in [2.05, 4.69) is 5.32 Å². The molecule has 7 nitrogen and oxygen atoms in total. The molecular formula is C19H18F3N3O4. The minimum absolute atomic E-state index is 0.0685. The summed E-state index contributed by atoms with van der Waals surface area (Å²) in [6.07, 6.45) is -2.67. The molecule has 3 rings (SSSR count). The lowest BCUT2D eigenvalue weighted by atomic mass is 10.1. The second-order valence-electron chi connectivity index (χ2n) is 6.51. The van der Waals surface area contributed by atoms with Crippen LogP contribution >= 0.6 is 0 Å². The standard InChI is InChI=1S/C19H18F3N3O4/c20-19(21,22)13-3-8-17(24-9-1-2-10-24)16(11-13)23-18(26)12-29-15-6-4-14(5-7-15)25(27)28/h3-8,11H,1-2,9-10,12H2,(H,23,26). The van der Waals surface area contributed by atoms with Crippen LogP contribution in [0.1, 0.15) is 18.4 Å². The van der Waals surface area contributed by atoms with Crippen LogP contribution < -0.4 is 15.0 Å². The van der Waals surface area contributed by atoms with Gasteiger partial charge in [0.15, 0.2) is 6.61 Å². The fraction of sp³-hybridized carbons (Fsp3) is 0.316. The quantitative estimate of drug-likeness (QED) is 0.570. The zero-order valence-corrected chi connectivity index (χ0v) is 15.2. The second-order valence-corrected chi connectivity index (χ2v) is 6.51. The lowest BCUT2D eigenvalue weighted by molar-refractivity contribution is -0.384. The molecular weight excluding hydrogens is 391 g/mol. The number of alkyl halides is 3. The van der Waals surface area contributed by atoms with Gasteiger partial charge in [-0.1, -0.05) is 0 Å². The summed E-state index contributed by atoms with van der Waals surface area (Å²) in [6.45, 7) is 0.953. The monoisotopic (exact) mass is 409 g/mol. The van der Waals surface area contributed by atoms with Crippen molar-refractivity contribution in [3.8, 4) is 5.75 Å². The second kappa shape index (κ2) is 8.38. The number of carbonyl (C=O) groups excluding carboxylic acids is 1. The number of ether oxygens (including phenoxy) is 1.